The monoisotopic (exact) mass is 380 g/mol. The first-order valence-corrected chi connectivity index (χ1v) is 10.1. The summed E-state index contributed by atoms with van der Waals surface area (Å²) in [6.07, 6.45) is 3.98. The lowest BCUT2D eigenvalue weighted by Gasteiger charge is -2.52. The maximum Gasteiger partial charge on any atom is 0.272 e. The highest BCUT2D eigenvalue weighted by Gasteiger charge is 2.44. The van der Waals surface area contributed by atoms with Gasteiger partial charge in [-0.2, -0.15) is 5.10 Å². The van der Waals surface area contributed by atoms with Crippen LogP contribution in [0.15, 0.2) is 29.1 Å². The summed E-state index contributed by atoms with van der Waals surface area (Å²) in [6, 6.07) is 7.56. The number of hydrogen-bond acceptors (Lipinski definition) is 4. The molecule has 1 aromatic heterocycles. The molecule has 7 heteroatoms. The third-order valence-electron chi connectivity index (χ3n) is 6.63. The summed E-state index contributed by atoms with van der Waals surface area (Å²) in [5.74, 6) is 1.08. The molecule has 4 heterocycles. The Balaban J connectivity index is 1.36. The Kier molecular flexibility index (Phi) is 4.18. The zero-order chi connectivity index (χ0) is 19.3. The number of rotatable bonds is 2. The van der Waals surface area contributed by atoms with Crippen LogP contribution in [0.5, 0.6) is 0 Å². The van der Waals surface area contributed by atoms with E-state index in [9.17, 15) is 14.4 Å². The lowest BCUT2D eigenvalue weighted by atomic mass is 9.76. The quantitative estimate of drug-likeness (QED) is 0.852. The van der Waals surface area contributed by atoms with Gasteiger partial charge >= 0.3 is 0 Å². The van der Waals surface area contributed by atoms with Gasteiger partial charge in [0.15, 0.2) is 0 Å². The van der Waals surface area contributed by atoms with Gasteiger partial charge in [0.2, 0.25) is 11.8 Å². The Morgan fingerprint density at radius 1 is 1.14 bits per heavy atom. The molecule has 3 saturated heterocycles. The van der Waals surface area contributed by atoms with Crippen molar-refractivity contribution in [3.8, 4) is 0 Å². The average Bonchev–Trinajstić information content (AvgIpc) is 2.71. The van der Waals surface area contributed by atoms with Crippen molar-refractivity contribution < 1.29 is 9.59 Å². The second kappa shape index (κ2) is 6.72. The number of likely N-dealkylation sites (tertiary alicyclic amines) is 1. The van der Waals surface area contributed by atoms with Crippen molar-refractivity contribution in [2.75, 3.05) is 19.6 Å². The number of H-pyrrole nitrogens is 1. The van der Waals surface area contributed by atoms with Crippen molar-refractivity contribution >= 4 is 22.6 Å². The highest BCUT2D eigenvalue weighted by Crippen LogP contribution is 2.38. The van der Waals surface area contributed by atoms with E-state index in [-0.39, 0.29) is 23.8 Å². The highest BCUT2D eigenvalue weighted by molar-refractivity contribution is 5.88. The molecule has 28 heavy (non-hydrogen) atoms. The van der Waals surface area contributed by atoms with Crippen molar-refractivity contribution in [2.45, 2.75) is 38.1 Å². The van der Waals surface area contributed by atoms with Gasteiger partial charge in [0.1, 0.15) is 0 Å². The standard InChI is InChI=1S/C21H24N4O3/c26-19-7-3-6-18-14-8-13(11-25(18)19)10-24(12-14)20(27)9-17-15-4-1-2-5-16(15)21(28)23-22-17/h1-2,4-5,13-14,18H,3,6-12H2,(H,23,28). The van der Waals surface area contributed by atoms with Crippen molar-refractivity contribution in [1.82, 2.24) is 20.0 Å². The van der Waals surface area contributed by atoms with Gasteiger partial charge in [0.25, 0.3) is 5.56 Å². The lowest BCUT2D eigenvalue weighted by Crippen LogP contribution is -2.61. The van der Waals surface area contributed by atoms with Crippen molar-refractivity contribution in [3.05, 3.63) is 40.3 Å². The van der Waals surface area contributed by atoms with Crippen molar-refractivity contribution in [2.24, 2.45) is 11.8 Å². The van der Waals surface area contributed by atoms with Crippen LogP contribution >= 0.6 is 0 Å². The van der Waals surface area contributed by atoms with Crippen molar-refractivity contribution in [1.29, 1.82) is 0 Å². The maximum absolute atomic E-state index is 13.1. The van der Waals surface area contributed by atoms with Crippen LogP contribution in [-0.4, -0.2) is 57.5 Å². The van der Waals surface area contributed by atoms with Gasteiger partial charge in [-0.1, -0.05) is 18.2 Å². The largest absolute Gasteiger partial charge is 0.342 e. The summed E-state index contributed by atoms with van der Waals surface area (Å²) < 4.78 is 0. The van der Waals surface area contributed by atoms with Gasteiger partial charge < -0.3 is 9.80 Å². The molecular formula is C21H24N4O3. The molecule has 2 amide bonds. The number of aromatic amines is 1. The summed E-state index contributed by atoms with van der Waals surface area (Å²) in [5.41, 5.74) is 0.381. The molecule has 0 saturated carbocycles. The van der Waals surface area contributed by atoms with E-state index >= 15 is 0 Å². The second-order valence-corrected chi connectivity index (χ2v) is 8.39. The number of piperidine rings is 3. The molecule has 3 fully saturated rings. The molecule has 2 aromatic rings. The van der Waals surface area contributed by atoms with Crippen LogP contribution < -0.4 is 5.56 Å². The summed E-state index contributed by atoms with van der Waals surface area (Å²) in [6.45, 7) is 2.20. The Labute approximate surface area is 162 Å². The van der Waals surface area contributed by atoms with Crippen LogP contribution in [0.1, 0.15) is 31.4 Å². The minimum atomic E-state index is -0.235. The molecular weight excluding hydrogens is 356 g/mol. The van der Waals surface area contributed by atoms with Gasteiger partial charge in [-0.15, -0.1) is 0 Å². The van der Waals surface area contributed by atoms with Crippen LogP contribution in [-0.2, 0) is 16.0 Å². The fourth-order valence-corrected chi connectivity index (χ4v) is 5.37. The Morgan fingerprint density at radius 3 is 2.82 bits per heavy atom. The molecule has 7 nitrogen and oxygen atoms in total. The zero-order valence-electron chi connectivity index (χ0n) is 15.8. The number of aromatic nitrogens is 2. The number of carbonyl (C=O) groups excluding carboxylic acids is 2. The van der Waals surface area contributed by atoms with E-state index in [4.69, 9.17) is 0 Å². The fraction of sp³-hybridized carbons (Fsp3) is 0.524. The smallest absolute Gasteiger partial charge is 0.272 e. The van der Waals surface area contributed by atoms with Gasteiger partial charge in [-0.3, -0.25) is 14.4 Å². The molecule has 0 aliphatic carbocycles. The van der Waals surface area contributed by atoms with Crippen molar-refractivity contribution in [3.63, 3.8) is 0 Å². The number of amides is 2. The Morgan fingerprint density at radius 2 is 1.96 bits per heavy atom. The Bertz CT molecular complexity index is 1000. The number of hydrogen-bond donors (Lipinski definition) is 1. The molecule has 146 valence electrons. The van der Waals surface area contributed by atoms with Gasteiger partial charge in [0.05, 0.1) is 17.5 Å². The molecule has 5 rings (SSSR count). The molecule has 2 bridgehead atoms. The zero-order valence-corrected chi connectivity index (χ0v) is 15.8. The first-order valence-electron chi connectivity index (χ1n) is 10.1. The van der Waals surface area contributed by atoms with E-state index in [2.05, 4.69) is 15.1 Å². The molecule has 1 N–H and O–H groups in total. The van der Waals surface area contributed by atoms with Gasteiger partial charge in [-0.05, 0) is 37.2 Å². The van der Waals surface area contributed by atoms with E-state index < -0.39 is 0 Å². The molecule has 3 unspecified atom stereocenters. The van der Waals surface area contributed by atoms with E-state index in [1.807, 2.05) is 23.1 Å². The van der Waals surface area contributed by atoms with Gasteiger partial charge in [-0.25, -0.2) is 5.10 Å². The van der Waals surface area contributed by atoms with Crippen LogP contribution in [0.2, 0.25) is 0 Å². The number of benzene rings is 1. The molecule has 0 radical (unpaired) electrons. The molecule has 3 aliphatic heterocycles. The molecule has 3 atom stereocenters. The first kappa shape index (κ1) is 17.4. The number of carbonyl (C=O) groups is 2. The van der Waals surface area contributed by atoms with Crippen LogP contribution in [0.3, 0.4) is 0 Å². The molecule has 1 aromatic carbocycles. The third kappa shape index (κ3) is 2.89. The van der Waals surface area contributed by atoms with E-state index in [1.165, 1.54) is 0 Å². The van der Waals surface area contributed by atoms with Gasteiger partial charge in [0, 0.05) is 37.5 Å². The summed E-state index contributed by atoms with van der Waals surface area (Å²) in [4.78, 5) is 41.3. The third-order valence-corrected chi connectivity index (χ3v) is 6.63. The number of nitrogens with one attached hydrogen (secondary N) is 1. The van der Waals surface area contributed by atoms with E-state index in [1.54, 1.807) is 6.07 Å². The minimum absolute atomic E-state index is 0.0509. The van der Waals surface area contributed by atoms with Crippen LogP contribution in [0, 0.1) is 11.8 Å². The number of fused-ring (bicyclic) bond motifs is 5. The molecule has 0 spiro atoms. The SMILES string of the molecule is O=C(Cc1n[nH]c(=O)c2ccccc12)N1CC2CC(C1)C1CCCC(=O)N1C2. The predicted molar refractivity (Wildman–Crippen MR) is 104 cm³/mol. The second-order valence-electron chi connectivity index (χ2n) is 8.39. The molecule has 3 aliphatic rings. The van der Waals surface area contributed by atoms with E-state index in [0.29, 0.717) is 48.5 Å². The minimum Gasteiger partial charge on any atom is -0.342 e. The summed E-state index contributed by atoms with van der Waals surface area (Å²) >= 11 is 0. The maximum atomic E-state index is 13.1. The fourth-order valence-electron chi connectivity index (χ4n) is 5.37. The lowest BCUT2D eigenvalue weighted by molar-refractivity contribution is -0.148. The predicted octanol–water partition coefficient (Wildman–Crippen LogP) is 1.32. The normalized spacial score (nSPS) is 27.0. The Hall–Kier alpha value is -2.70. The summed E-state index contributed by atoms with van der Waals surface area (Å²) in [7, 11) is 0. The van der Waals surface area contributed by atoms with Crippen LogP contribution in [0.4, 0.5) is 0 Å². The van der Waals surface area contributed by atoms with E-state index in [0.717, 1.165) is 31.2 Å². The number of nitrogens with zero attached hydrogens (tertiary/aromatic N) is 3. The highest BCUT2D eigenvalue weighted by atomic mass is 16.2. The van der Waals surface area contributed by atoms with Crippen LogP contribution in [0.25, 0.3) is 10.8 Å². The topological polar surface area (TPSA) is 86.4 Å². The summed E-state index contributed by atoms with van der Waals surface area (Å²) in [5, 5.41) is 7.96. The first-order chi connectivity index (χ1) is 13.6. The average molecular weight is 380 g/mol.